The molecular weight excluding hydrogens is 282 g/mol. The molecule has 1 saturated heterocycles. The molecule has 15 heavy (non-hydrogen) atoms. The number of amides is 2. The maximum Gasteiger partial charge on any atom is 0.414 e. The summed E-state index contributed by atoms with van der Waals surface area (Å²) in [6.45, 7) is 0. The molecule has 0 aliphatic carbocycles. The van der Waals surface area contributed by atoms with Crippen LogP contribution in [-0.4, -0.2) is 22.0 Å². The van der Waals surface area contributed by atoms with Crippen LogP contribution in [0.4, 0.5) is 4.79 Å². The van der Waals surface area contributed by atoms with Gasteiger partial charge in [-0.2, -0.15) is 0 Å². The molecule has 0 bridgehead atoms. The zero-order valence-corrected chi connectivity index (χ0v) is 10.0. The molecule has 0 spiro atoms. The number of likely N-dealkylation sites (tertiary alicyclic amines) is 1. The second kappa shape index (κ2) is 3.94. The molecule has 1 N–H and O–H groups in total. The van der Waals surface area contributed by atoms with Crippen molar-refractivity contribution in [2.45, 2.75) is 18.9 Å². The maximum absolute atomic E-state index is 11.3. The average molecular weight is 290 g/mol. The molecular formula is C9H8BrNO3S. The fourth-order valence-corrected chi connectivity index (χ4v) is 3.25. The molecule has 80 valence electrons. The standard InChI is InChI=1S/C9H8BrNO3S/c10-7-3-2-6(15-7)5-1-4-8(12)11(5)9(13)14/h2-3,5H,1,4H2,(H,13,14). The molecule has 2 heterocycles. The Labute approximate surface area is 98.6 Å². The van der Waals surface area contributed by atoms with Crippen LogP contribution < -0.4 is 0 Å². The predicted octanol–water partition coefficient (Wildman–Crippen LogP) is 2.85. The van der Waals surface area contributed by atoms with Gasteiger partial charge in [-0.1, -0.05) is 0 Å². The quantitative estimate of drug-likeness (QED) is 0.865. The van der Waals surface area contributed by atoms with Crippen LogP contribution in [0.2, 0.25) is 0 Å². The van der Waals surface area contributed by atoms with E-state index in [9.17, 15) is 9.59 Å². The third-order valence-electron chi connectivity index (χ3n) is 2.34. The average Bonchev–Trinajstić information content (AvgIpc) is 2.71. The number of carboxylic acid groups (broad SMARTS) is 1. The van der Waals surface area contributed by atoms with Gasteiger partial charge in [0.05, 0.1) is 9.83 Å². The van der Waals surface area contributed by atoms with E-state index in [2.05, 4.69) is 15.9 Å². The Morgan fingerprint density at radius 2 is 2.33 bits per heavy atom. The van der Waals surface area contributed by atoms with Gasteiger partial charge < -0.3 is 5.11 Å². The van der Waals surface area contributed by atoms with Gasteiger partial charge in [0.2, 0.25) is 5.91 Å². The number of halogens is 1. The molecule has 0 radical (unpaired) electrons. The van der Waals surface area contributed by atoms with E-state index in [0.29, 0.717) is 12.8 Å². The first kappa shape index (κ1) is 10.6. The fraction of sp³-hybridized carbons (Fsp3) is 0.333. The summed E-state index contributed by atoms with van der Waals surface area (Å²) in [5.41, 5.74) is 0. The number of hydrogen-bond donors (Lipinski definition) is 1. The Morgan fingerprint density at radius 3 is 2.87 bits per heavy atom. The van der Waals surface area contributed by atoms with Crippen molar-refractivity contribution in [2.75, 3.05) is 0 Å². The molecule has 1 aromatic rings. The van der Waals surface area contributed by atoms with Crippen molar-refractivity contribution in [1.82, 2.24) is 4.90 Å². The number of nitrogens with zero attached hydrogens (tertiary/aromatic N) is 1. The number of hydrogen-bond acceptors (Lipinski definition) is 3. The Balaban J connectivity index is 2.29. The summed E-state index contributed by atoms with van der Waals surface area (Å²) in [6.07, 6.45) is -0.267. The van der Waals surface area contributed by atoms with Gasteiger partial charge in [0.1, 0.15) is 0 Å². The minimum atomic E-state index is -1.16. The number of thiophene rings is 1. The molecule has 6 heteroatoms. The van der Waals surface area contributed by atoms with Crippen molar-refractivity contribution in [3.05, 3.63) is 20.8 Å². The van der Waals surface area contributed by atoms with Gasteiger partial charge in [-0.25, -0.2) is 9.69 Å². The van der Waals surface area contributed by atoms with Gasteiger partial charge in [-0.3, -0.25) is 4.79 Å². The number of carbonyl (C=O) groups is 2. The van der Waals surface area contributed by atoms with Gasteiger partial charge in [-0.05, 0) is 34.5 Å². The summed E-state index contributed by atoms with van der Waals surface area (Å²) >= 11 is 4.79. The Hall–Kier alpha value is -0.880. The van der Waals surface area contributed by atoms with Crippen molar-refractivity contribution in [3.63, 3.8) is 0 Å². The van der Waals surface area contributed by atoms with Crippen LogP contribution >= 0.6 is 27.3 Å². The Bertz CT molecular complexity index is 417. The predicted molar refractivity (Wildman–Crippen MR) is 58.9 cm³/mol. The topological polar surface area (TPSA) is 57.6 Å². The summed E-state index contributed by atoms with van der Waals surface area (Å²) in [7, 11) is 0. The highest BCUT2D eigenvalue weighted by Crippen LogP contribution is 2.37. The number of imide groups is 1. The summed E-state index contributed by atoms with van der Waals surface area (Å²) in [5, 5.41) is 8.92. The van der Waals surface area contributed by atoms with Crippen molar-refractivity contribution in [3.8, 4) is 0 Å². The summed E-state index contributed by atoms with van der Waals surface area (Å²) in [6, 6.07) is 3.42. The highest BCUT2D eigenvalue weighted by molar-refractivity contribution is 9.11. The monoisotopic (exact) mass is 289 g/mol. The lowest BCUT2D eigenvalue weighted by Crippen LogP contribution is -2.32. The molecule has 0 saturated carbocycles. The van der Waals surface area contributed by atoms with Crippen molar-refractivity contribution < 1.29 is 14.7 Å². The van der Waals surface area contributed by atoms with E-state index < -0.39 is 6.09 Å². The van der Waals surface area contributed by atoms with Crippen LogP contribution in [0.3, 0.4) is 0 Å². The smallest absolute Gasteiger partial charge is 0.414 e. The van der Waals surface area contributed by atoms with E-state index in [4.69, 9.17) is 5.11 Å². The van der Waals surface area contributed by atoms with Crippen LogP contribution in [0, 0.1) is 0 Å². The van der Waals surface area contributed by atoms with Gasteiger partial charge in [0, 0.05) is 11.3 Å². The van der Waals surface area contributed by atoms with Gasteiger partial charge in [0.15, 0.2) is 0 Å². The molecule has 1 aromatic heterocycles. The summed E-state index contributed by atoms with van der Waals surface area (Å²) in [5.74, 6) is -0.308. The van der Waals surface area contributed by atoms with E-state index in [1.807, 2.05) is 12.1 Å². The molecule has 2 amide bonds. The van der Waals surface area contributed by atoms with Crippen LogP contribution in [0.5, 0.6) is 0 Å². The van der Waals surface area contributed by atoms with Crippen LogP contribution in [-0.2, 0) is 4.79 Å². The van der Waals surface area contributed by atoms with Crippen molar-refractivity contribution >= 4 is 39.3 Å². The first-order chi connectivity index (χ1) is 7.09. The Kier molecular flexibility index (Phi) is 2.79. The first-order valence-corrected chi connectivity index (χ1v) is 6.01. The molecule has 1 aliphatic rings. The maximum atomic E-state index is 11.3. The SMILES string of the molecule is O=C(O)N1C(=O)CCC1c1ccc(Br)s1. The highest BCUT2D eigenvalue weighted by atomic mass is 79.9. The third kappa shape index (κ3) is 1.91. The normalized spacial score (nSPS) is 21.0. The lowest BCUT2D eigenvalue weighted by Gasteiger charge is -2.17. The zero-order chi connectivity index (χ0) is 11.0. The van der Waals surface area contributed by atoms with E-state index in [-0.39, 0.29) is 11.9 Å². The molecule has 2 rings (SSSR count). The van der Waals surface area contributed by atoms with E-state index in [1.165, 1.54) is 11.3 Å². The van der Waals surface area contributed by atoms with Crippen molar-refractivity contribution in [1.29, 1.82) is 0 Å². The van der Waals surface area contributed by atoms with E-state index >= 15 is 0 Å². The minimum absolute atomic E-state index is 0.300. The zero-order valence-electron chi connectivity index (χ0n) is 7.64. The number of rotatable bonds is 1. The van der Waals surface area contributed by atoms with E-state index in [1.54, 1.807) is 0 Å². The van der Waals surface area contributed by atoms with E-state index in [0.717, 1.165) is 13.6 Å². The summed E-state index contributed by atoms with van der Waals surface area (Å²) < 4.78 is 0.946. The fourth-order valence-electron chi connectivity index (χ4n) is 1.70. The van der Waals surface area contributed by atoms with Crippen LogP contribution in [0.15, 0.2) is 15.9 Å². The van der Waals surface area contributed by atoms with Crippen molar-refractivity contribution in [2.24, 2.45) is 0 Å². The molecule has 1 atom stereocenters. The molecule has 1 unspecified atom stereocenters. The second-order valence-corrected chi connectivity index (χ2v) is 5.74. The van der Waals surface area contributed by atoms with Crippen LogP contribution in [0.25, 0.3) is 0 Å². The lowest BCUT2D eigenvalue weighted by molar-refractivity contribution is -0.126. The van der Waals surface area contributed by atoms with Gasteiger partial charge in [0.25, 0.3) is 0 Å². The Morgan fingerprint density at radius 1 is 1.60 bits per heavy atom. The van der Waals surface area contributed by atoms with Crippen LogP contribution in [0.1, 0.15) is 23.8 Å². The highest BCUT2D eigenvalue weighted by Gasteiger charge is 2.37. The van der Waals surface area contributed by atoms with Gasteiger partial charge in [-0.15, -0.1) is 11.3 Å². The van der Waals surface area contributed by atoms with Gasteiger partial charge >= 0.3 is 6.09 Å². The molecule has 0 aromatic carbocycles. The molecule has 1 aliphatic heterocycles. The molecule has 4 nitrogen and oxygen atoms in total. The lowest BCUT2D eigenvalue weighted by atomic mass is 10.2. The molecule has 1 fully saturated rings. The first-order valence-electron chi connectivity index (χ1n) is 4.40. The summed E-state index contributed by atoms with van der Waals surface area (Å²) in [4.78, 5) is 24.1. The second-order valence-electron chi connectivity index (χ2n) is 3.24. The number of carbonyl (C=O) groups excluding carboxylic acids is 1. The minimum Gasteiger partial charge on any atom is -0.465 e. The largest absolute Gasteiger partial charge is 0.465 e. The third-order valence-corrected chi connectivity index (χ3v) is 4.07.